The molecule has 3 heteroatoms. The summed E-state index contributed by atoms with van der Waals surface area (Å²) < 4.78 is 5.55. The van der Waals surface area contributed by atoms with Gasteiger partial charge in [0.25, 0.3) is 0 Å². The Labute approximate surface area is 126 Å². The zero-order chi connectivity index (χ0) is 14.5. The van der Waals surface area contributed by atoms with E-state index in [9.17, 15) is 0 Å². The van der Waals surface area contributed by atoms with Gasteiger partial charge in [0, 0.05) is 17.7 Å². The average Bonchev–Trinajstić information content (AvgIpc) is 3.03. The van der Waals surface area contributed by atoms with Crippen molar-refractivity contribution in [1.29, 1.82) is 0 Å². The van der Waals surface area contributed by atoms with Crippen molar-refractivity contribution in [2.45, 2.75) is 51.6 Å². The quantitative estimate of drug-likeness (QED) is 0.809. The van der Waals surface area contributed by atoms with Crippen LogP contribution in [0.4, 0.5) is 0 Å². The van der Waals surface area contributed by atoms with E-state index in [1.807, 2.05) is 18.2 Å². The van der Waals surface area contributed by atoms with Crippen LogP contribution in [0.15, 0.2) is 40.9 Å². The van der Waals surface area contributed by atoms with Crippen molar-refractivity contribution in [2.24, 2.45) is 0 Å². The highest BCUT2D eigenvalue weighted by atomic mass is 16.5. The minimum absolute atomic E-state index is 0.717. The fourth-order valence-corrected chi connectivity index (χ4v) is 3.28. The Balaban J connectivity index is 1.68. The molecular weight excluding hydrogens is 260 g/mol. The number of hydrogen-bond acceptors (Lipinski definition) is 3. The highest BCUT2D eigenvalue weighted by Crippen LogP contribution is 2.25. The van der Waals surface area contributed by atoms with Crippen LogP contribution in [0.25, 0.3) is 11.3 Å². The standard InChI is InChI=1S/C18H24N2O/c1-2-20(16-11-7-4-8-12-16)14-17-13-18(19-21-17)15-9-5-3-6-10-15/h3,5-6,9-10,13,16H,2,4,7-8,11-12,14H2,1H3. The van der Waals surface area contributed by atoms with Gasteiger partial charge in [0.05, 0.1) is 6.54 Å². The molecule has 112 valence electrons. The first-order valence-corrected chi connectivity index (χ1v) is 8.12. The zero-order valence-corrected chi connectivity index (χ0v) is 12.8. The average molecular weight is 284 g/mol. The van der Waals surface area contributed by atoms with E-state index < -0.39 is 0 Å². The molecule has 1 saturated carbocycles. The topological polar surface area (TPSA) is 29.3 Å². The van der Waals surface area contributed by atoms with Gasteiger partial charge in [-0.3, -0.25) is 4.90 Å². The first-order valence-electron chi connectivity index (χ1n) is 8.12. The van der Waals surface area contributed by atoms with E-state index in [0.717, 1.165) is 30.1 Å². The summed E-state index contributed by atoms with van der Waals surface area (Å²) in [6.45, 7) is 4.19. The summed E-state index contributed by atoms with van der Waals surface area (Å²) in [4.78, 5) is 2.54. The SMILES string of the molecule is CCN(Cc1cc(-c2ccccc2)no1)C1CCCCC1. The van der Waals surface area contributed by atoms with Crippen LogP contribution in [0.2, 0.25) is 0 Å². The lowest BCUT2D eigenvalue weighted by Crippen LogP contribution is -2.35. The Hall–Kier alpha value is -1.61. The number of benzene rings is 1. The van der Waals surface area contributed by atoms with Gasteiger partial charge in [0.15, 0.2) is 5.76 Å². The molecule has 1 fully saturated rings. The molecule has 3 nitrogen and oxygen atoms in total. The molecule has 2 aromatic rings. The summed E-state index contributed by atoms with van der Waals surface area (Å²) in [5, 5.41) is 4.22. The Morgan fingerprint density at radius 2 is 1.90 bits per heavy atom. The molecule has 0 aliphatic heterocycles. The third kappa shape index (κ3) is 3.53. The fourth-order valence-electron chi connectivity index (χ4n) is 3.28. The van der Waals surface area contributed by atoms with E-state index in [1.54, 1.807) is 0 Å². The summed E-state index contributed by atoms with van der Waals surface area (Å²) in [6.07, 6.45) is 6.79. The minimum Gasteiger partial charge on any atom is -0.359 e. The van der Waals surface area contributed by atoms with Crippen LogP contribution in [0.5, 0.6) is 0 Å². The predicted molar refractivity (Wildman–Crippen MR) is 84.9 cm³/mol. The normalized spacial score (nSPS) is 16.5. The Kier molecular flexibility index (Phi) is 4.71. The van der Waals surface area contributed by atoms with Crippen molar-refractivity contribution in [1.82, 2.24) is 10.1 Å². The Bertz CT molecular complexity index is 543. The maximum absolute atomic E-state index is 5.55. The lowest BCUT2D eigenvalue weighted by molar-refractivity contribution is 0.141. The molecule has 0 radical (unpaired) electrons. The van der Waals surface area contributed by atoms with Gasteiger partial charge in [-0.25, -0.2) is 0 Å². The Morgan fingerprint density at radius 3 is 2.62 bits per heavy atom. The van der Waals surface area contributed by atoms with E-state index in [1.165, 1.54) is 32.1 Å². The molecule has 21 heavy (non-hydrogen) atoms. The summed E-state index contributed by atoms with van der Waals surface area (Å²) in [6, 6.07) is 13.0. The number of hydrogen-bond donors (Lipinski definition) is 0. The van der Waals surface area contributed by atoms with Gasteiger partial charge >= 0.3 is 0 Å². The molecule has 0 N–H and O–H groups in total. The van der Waals surface area contributed by atoms with E-state index in [0.29, 0.717) is 6.04 Å². The number of aromatic nitrogens is 1. The molecule has 3 rings (SSSR count). The van der Waals surface area contributed by atoms with Crippen LogP contribution < -0.4 is 0 Å². The van der Waals surface area contributed by atoms with E-state index in [4.69, 9.17) is 4.52 Å². The predicted octanol–water partition coefficient (Wildman–Crippen LogP) is 4.50. The third-order valence-electron chi connectivity index (χ3n) is 4.48. The zero-order valence-electron chi connectivity index (χ0n) is 12.8. The molecule has 1 heterocycles. The van der Waals surface area contributed by atoms with E-state index >= 15 is 0 Å². The van der Waals surface area contributed by atoms with Gasteiger partial charge in [-0.1, -0.05) is 61.7 Å². The van der Waals surface area contributed by atoms with Crippen molar-refractivity contribution in [3.63, 3.8) is 0 Å². The second-order valence-electron chi connectivity index (χ2n) is 5.90. The molecule has 1 aromatic carbocycles. The van der Waals surface area contributed by atoms with E-state index in [2.05, 4.69) is 35.2 Å². The molecule has 0 atom stereocenters. The van der Waals surface area contributed by atoms with Crippen molar-refractivity contribution < 1.29 is 4.52 Å². The van der Waals surface area contributed by atoms with Crippen LogP contribution >= 0.6 is 0 Å². The maximum atomic E-state index is 5.55. The molecule has 0 amide bonds. The maximum Gasteiger partial charge on any atom is 0.151 e. The van der Waals surface area contributed by atoms with Gasteiger partial charge < -0.3 is 4.52 Å². The fraction of sp³-hybridized carbons (Fsp3) is 0.500. The van der Waals surface area contributed by atoms with Gasteiger partial charge in [-0.05, 0) is 19.4 Å². The lowest BCUT2D eigenvalue weighted by Gasteiger charge is -2.32. The summed E-state index contributed by atoms with van der Waals surface area (Å²) in [5.41, 5.74) is 2.05. The van der Waals surface area contributed by atoms with Crippen LogP contribution in [0.3, 0.4) is 0 Å². The van der Waals surface area contributed by atoms with Crippen molar-refractivity contribution in [3.05, 3.63) is 42.2 Å². The molecule has 1 aliphatic rings. The molecular formula is C18H24N2O. The summed E-state index contributed by atoms with van der Waals surface area (Å²) in [5.74, 6) is 0.973. The van der Waals surface area contributed by atoms with Gasteiger partial charge in [-0.15, -0.1) is 0 Å². The van der Waals surface area contributed by atoms with Crippen molar-refractivity contribution in [3.8, 4) is 11.3 Å². The second-order valence-corrected chi connectivity index (χ2v) is 5.90. The van der Waals surface area contributed by atoms with Gasteiger partial charge in [0.1, 0.15) is 5.69 Å². The van der Waals surface area contributed by atoms with E-state index in [-0.39, 0.29) is 0 Å². The van der Waals surface area contributed by atoms with Crippen LogP contribution in [0.1, 0.15) is 44.8 Å². The first-order chi connectivity index (χ1) is 10.4. The molecule has 0 bridgehead atoms. The number of nitrogens with zero attached hydrogens (tertiary/aromatic N) is 2. The van der Waals surface area contributed by atoms with Crippen molar-refractivity contribution >= 4 is 0 Å². The van der Waals surface area contributed by atoms with Gasteiger partial charge in [-0.2, -0.15) is 0 Å². The van der Waals surface area contributed by atoms with Crippen LogP contribution in [0, 0.1) is 0 Å². The Morgan fingerprint density at radius 1 is 1.14 bits per heavy atom. The monoisotopic (exact) mass is 284 g/mol. The summed E-state index contributed by atoms with van der Waals surface area (Å²) >= 11 is 0. The highest BCUT2D eigenvalue weighted by molar-refractivity contribution is 5.58. The summed E-state index contributed by atoms with van der Waals surface area (Å²) in [7, 11) is 0. The molecule has 1 aliphatic carbocycles. The first kappa shape index (κ1) is 14.3. The number of rotatable bonds is 5. The van der Waals surface area contributed by atoms with Crippen LogP contribution in [-0.4, -0.2) is 22.6 Å². The largest absolute Gasteiger partial charge is 0.359 e. The second kappa shape index (κ2) is 6.90. The third-order valence-corrected chi connectivity index (χ3v) is 4.48. The minimum atomic E-state index is 0.717. The van der Waals surface area contributed by atoms with Crippen molar-refractivity contribution in [2.75, 3.05) is 6.54 Å². The molecule has 1 aromatic heterocycles. The lowest BCUT2D eigenvalue weighted by atomic mass is 9.94. The molecule has 0 spiro atoms. The van der Waals surface area contributed by atoms with Crippen LogP contribution in [-0.2, 0) is 6.54 Å². The molecule has 0 saturated heterocycles. The highest BCUT2D eigenvalue weighted by Gasteiger charge is 2.21. The van der Waals surface area contributed by atoms with Gasteiger partial charge in [0.2, 0.25) is 0 Å². The molecule has 0 unspecified atom stereocenters. The smallest absolute Gasteiger partial charge is 0.151 e.